The first-order chi connectivity index (χ1) is 21.2. The molecule has 0 rings (SSSR count). The van der Waals surface area contributed by atoms with Gasteiger partial charge in [-0.05, 0) is 12.8 Å². The maximum atomic E-state index is 12.4. The van der Waals surface area contributed by atoms with Crippen LogP contribution in [0, 0.1) is 0 Å². The normalized spacial score (nSPS) is 14.2. The van der Waals surface area contributed by atoms with Gasteiger partial charge in [0.2, 0.25) is 0 Å². The smallest absolute Gasteiger partial charge is 0.379 e. The Morgan fingerprint density at radius 3 is 1.32 bits per heavy atom. The SMILES string of the molecule is CCCCCCCCCCCCCCOCC(COP(=O)(O)OCC[N+](C)(C)C)OCCCCCCCCCCCCCC. The number of nitrogens with zero attached hydrogens (tertiary/aromatic N) is 1. The molecule has 2 atom stereocenters. The summed E-state index contributed by atoms with van der Waals surface area (Å²) >= 11 is 0. The average Bonchev–Trinajstić information content (AvgIpc) is 2.97. The number of quaternary nitrogens is 1. The number of rotatable bonds is 36. The highest BCUT2D eigenvalue weighted by Gasteiger charge is 2.25. The van der Waals surface area contributed by atoms with Crippen LogP contribution in [0.1, 0.15) is 168 Å². The molecule has 0 bridgehead atoms. The second kappa shape index (κ2) is 31.6. The van der Waals surface area contributed by atoms with Crippen LogP contribution >= 0.6 is 7.82 Å². The zero-order valence-electron chi connectivity index (χ0n) is 30.2. The van der Waals surface area contributed by atoms with Crippen LogP contribution in [0.3, 0.4) is 0 Å². The molecule has 0 spiro atoms. The molecule has 0 amide bonds. The van der Waals surface area contributed by atoms with E-state index in [1.807, 2.05) is 21.1 Å². The van der Waals surface area contributed by atoms with E-state index in [4.69, 9.17) is 18.5 Å². The van der Waals surface area contributed by atoms with Gasteiger partial charge in [0.1, 0.15) is 19.3 Å². The zero-order valence-corrected chi connectivity index (χ0v) is 31.1. The summed E-state index contributed by atoms with van der Waals surface area (Å²) < 4.78 is 35.5. The van der Waals surface area contributed by atoms with Gasteiger partial charge in [0.05, 0.1) is 34.4 Å². The molecule has 0 saturated carbocycles. The lowest BCUT2D eigenvalue weighted by Crippen LogP contribution is -2.37. The minimum atomic E-state index is -4.12. The Balaban J connectivity index is 4.13. The third kappa shape index (κ3) is 34.9. The quantitative estimate of drug-likeness (QED) is 0.0413. The van der Waals surface area contributed by atoms with Gasteiger partial charge in [0.25, 0.3) is 0 Å². The second-order valence-electron chi connectivity index (χ2n) is 14.0. The summed E-state index contributed by atoms with van der Waals surface area (Å²) in [6.07, 6.45) is 31.0. The molecular weight excluding hydrogens is 573 g/mol. The number of hydrogen-bond donors (Lipinski definition) is 1. The fourth-order valence-electron chi connectivity index (χ4n) is 5.24. The Labute approximate surface area is 274 Å². The van der Waals surface area contributed by atoms with Crippen LogP contribution in [0.2, 0.25) is 0 Å². The first kappa shape index (κ1) is 44.0. The van der Waals surface area contributed by atoms with Crippen molar-refractivity contribution in [2.45, 2.75) is 174 Å². The third-order valence-corrected chi connectivity index (χ3v) is 9.22. The Bertz CT molecular complexity index is 630. The molecular formula is C36H77NO6P+. The molecule has 0 aliphatic heterocycles. The number of hydrogen-bond acceptors (Lipinski definition) is 5. The number of phosphoric acid groups is 1. The molecule has 0 aromatic carbocycles. The molecule has 8 heteroatoms. The first-order valence-electron chi connectivity index (χ1n) is 18.8. The van der Waals surface area contributed by atoms with Gasteiger partial charge < -0.3 is 18.9 Å². The Morgan fingerprint density at radius 1 is 0.523 bits per heavy atom. The summed E-state index contributed by atoms with van der Waals surface area (Å²) in [6.45, 7) is 6.99. The van der Waals surface area contributed by atoms with Crippen LogP contribution in [-0.2, 0) is 23.1 Å². The second-order valence-corrected chi connectivity index (χ2v) is 15.4. The highest BCUT2D eigenvalue weighted by molar-refractivity contribution is 7.47. The monoisotopic (exact) mass is 651 g/mol. The lowest BCUT2D eigenvalue weighted by atomic mass is 10.1. The van der Waals surface area contributed by atoms with E-state index in [0.29, 0.717) is 30.8 Å². The summed E-state index contributed by atoms with van der Waals surface area (Å²) in [6, 6.07) is 0. The predicted molar refractivity (Wildman–Crippen MR) is 187 cm³/mol. The number of phosphoric ester groups is 1. The Morgan fingerprint density at radius 2 is 0.909 bits per heavy atom. The van der Waals surface area contributed by atoms with Crippen molar-refractivity contribution in [3.05, 3.63) is 0 Å². The summed E-state index contributed by atoms with van der Waals surface area (Å²) in [4.78, 5) is 10.1. The van der Waals surface area contributed by atoms with E-state index in [9.17, 15) is 9.46 Å². The van der Waals surface area contributed by atoms with E-state index in [0.717, 1.165) is 19.3 Å². The molecule has 0 aromatic rings. The van der Waals surface area contributed by atoms with Crippen LogP contribution in [0.15, 0.2) is 0 Å². The lowest BCUT2D eigenvalue weighted by molar-refractivity contribution is -0.870. The van der Waals surface area contributed by atoms with E-state index in [1.165, 1.54) is 135 Å². The van der Waals surface area contributed by atoms with Gasteiger partial charge in [-0.15, -0.1) is 0 Å². The minimum Gasteiger partial charge on any atom is -0.379 e. The van der Waals surface area contributed by atoms with E-state index in [-0.39, 0.29) is 19.3 Å². The predicted octanol–water partition coefficient (Wildman–Crippen LogP) is 10.6. The summed E-state index contributed by atoms with van der Waals surface area (Å²) in [5, 5.41) is 0. The molecule has 2 unspecified atom stereocenters. The van der Waals surface area contributed by atoms with Crippen molar-refractivity contribution in [2.24, 2.45) is 0 Å². The van der Waals surface area contributed by atoms with Crippen molar-refractivity contribution in [1.82, 2.24) is 0 Å². The summed E-state index contributed by atoms with van der Waals surface area (Å²) in [5.41, 5.74) is 0. The van der Waals surface area contributed by atoms with Gasteiger partial charge in [-0.2, -0.15) is 0 Å². The highest BCUT2D eigenvalue weighted by atomic mass is 31.2. The zero-order chi connectivity index (χ0) is 32.6. The van der Waals surface area contributed by atoms with Gasteiger partial charge in [0.15, 0.2) is 0 Å². The molecule has 0 aliphatic carbocycles. The van der Waals surface area contributed by atoms with E-state index < -0.39 is 7.82 Å². The molecule has 0 saturated heterocycles. The van der Waals surface area contributed by atoms with Crippen molar-refractivity contribution in [3.63, 3.8) is 0 Å². The molecule has 0 heterocycles. The van der Waals surface area contributed by atoms with Crippen molar-refractivity contribution < 1.29 is 32.5 Å². The minimum absolute atomic E-state index is 0.00511. The molecule has 266 valence electrons. The van der Waals surface area contributed by atoms with Gasteiger partial charge in [-0.25, -0.2) is 4.57 Å². The number of likely N-dealkylation sites (N-methyl/N-ethyl adjacent to an activating group) is 1. The van der Waals surface area contributed by atoms with Gasteiger partial charge in [-0.1, -0.05) is 155 Å². The lowest BCUT2D eigenvalue weighted by Gasteiger charge is -2.24. The van der Waals surface area contributed by atoms with Crippen LogP contribution in [-0.4, -0.2) is 76.2 Å². The van der Waals surface area contributed by atoms with Gasteiger partial charge in [-0.3, -0.25) is 9.05 Å². The molecule has 44 heavy (non-hydrogen) atoms. The van der Waals surface area contributed by atoms with Crippen LogP contribution in [0.25, 0.3) is 0 Å². The largest absolute Gasteiger partial charge is 0.472 e. The maximum Gasteiger partial charge on any atom is 0.472 e. The van der Waals surface area contributed by atoms with Crippen LogP contribution in [0.4, 0.5) is 0 Å². The van der Waals surface area contributed by atoms with E-state index in [1.54, 1.807) is 0 Å². The average molecular weight is 651 g/mol. The Kier molecular flexibility index (Phi) is 31.6. The van der Waals surface area contributed by atoms with Crippen LogP contribution < -0.4 is 0 Å². The fraction of sp³-hybridized carbons (Fsp3) is 1.00. The van der Waals surface area contributed by atoms with Crippen molar-refractivity contribution in [3.8, 4) is 0 Å². The van der Waals surface area contributed by atoms with Crippen LogP contribution in [0.5, 0.6) is 0 Å². The fourth-order valence-corrected chi connectivity index (χ4v) is 5.98. The van der Waals surface area contributed by atoms with E-state index >= 15 is 0 Å². The standard InChI is InChI=1S/C36H76NO6P/c1-6-8-10-12-14-16-18-20-22-24-26-28-31-40-34-36(35-43-44(38,39)42-33-30-37(3,4)5)41-32-29-27-25-23-21-19-17-15-13-11-9-7-2/h36H,6-35H2,1-5H3/p+1. The first-order valence-corrected chi connectivity index (χ1v) is 20.3. The summed E-state index contributed by atoms with van der Waals surface area (Å²) in [7, 11) is 1.92. The number of ether oxygens (including phenoxy) is 2. The van der Waals surface area contributed by atoms with Crippen molar-refractivity contribution in [1.29, 1.82) is 0 Å². The number of unbranched alkanes of at least 4 members (excludes halogenated alkanes) is 22. The van der Waals surface area contributed by atoms with Gasteiger partial charge in [0, 0.05) is 13.2 Å². The summed E-state index contributed by atoms with van der Waals surface area (Å²) in [5.74, 6) is 0. The molecule has 0 fully saturated rings. The molecule has 0 aromatic heterocycles. The molecule has 7 nitrogen and oxygen atoms in total. The maximum absolute atomic E-state index is 12.4. The van der Waals surface area contributed by atoms with Gasteiger partial charge >= 0.3 is 7.82 Å². The highest BCUT2D eigenvalue weighted by Crippen LogP contribution is 2.43. The Hall–Kier alpha value is -0.0100. The topological polar surface area (TPSA) is 74.2 Å². The van der Waals surface area contributed by atoms with Crippen molar-refractivity contribution >= 4 is 7.82 Å². The third-order valence-electron chi connectivity index (χ3n) is 8.24. The molecule has 0 radical (unpaired) electrons. The molecule has 0 aliphatic rings. The molecule has 1 N–H and O–H groups in total. The van der Waals surface area contributed by atoms with Crippen molar-refractivity contribution in [2.75, 3.05) is 60.7 Å². The van der Waals surface area contributed by atoms with E-state index in [2.05, 4.69) is 13.8 Å².